The molecule has 1 aliphatic heterocycles. The van der Waals surface area contributed by atoms with E-state index in [1.807, 2.05) is 0 Å². The van der Waals surface area contributed by atoms with Crippen LogP contribution in [0, 0.1) is 0 Å². The zero-order valence-electron chi connectivity index (χ0n) is 12.4. The van der Waals surface area contributed by atoms with Crippen LogP contribution in [0.25, 0.3) is 0 Å². The second-order valence-corrected chi connectivity index (χ2v) is 6.59. The minimum Gasteiger partial charge on any atom is -0.328 e. The molecule has 0 atom stereocenters. The van der Waals surface area contributed by atoms with Gasteiger partial charge in [0, 0.05) is 24.2 Å². The molecule has 2 rings (SSSR count). The molecular formula is C15H31N3. The lowest BCUT2D eigenvalue weighted by atomic mass is 9.89. The summed E-state index contributed by atoms with van der Waals surface area (Å²) in [5.74, 6) is 0. The maximum Gasteiger partial charge on any atom is 0.0119 e. The minimum absolute atomic E-state index is 0.470. The van der Waals surface area contributed by atoms with E-state index in [9.17, 15) is 0 Å². The SMILES string of the molecule is CC(C)N1CCC(N(C)C2CCC(N)CC2)CC1. The Kier molecular flexibility index (Phi) is 5.05. The molecule has 0 unspecified atom stereocenters. The van der Waals surface area contributed by atoms with E-state index >= 15 is 0 Å². The Bertz CT molecular complexity index is 238. The second kappa shape index (κ2) is 6.36. The summed E-state index contributed by atoms with van der Waals surface area (Å²) in [5, 5.41) is 0. The molecular weight excluding hydrogens is 222 g/mol. The molecule has 2 fully saturated rings. The van der Waals surface area contributed by atoms with Gasteiger partial charge in [0.05, 0.1) is 0 Å². The third kappa shape index (κ3) is 3.46. The standard InChI is InChI=1S/C15H31N3/c1-12(2)18-10-8-15(9-11-18)17(3)14-6-4-13(16)5-7-14/h12-15H,4-11,16H2,1-3H3. The lowest BCUT2D eigenvalue weighted by Crippen LogP contribution is -2.50. The van der Waals surface area contributed by atoms with Crippen LogP contribution >= 0.6 is 0 Å². The minimum atomic E-state index is 0.470. The summed E-state index contributed by atoms with van der Waals surface area (Å²) in [7, 11) is 2.34. The van der Waals surface area contributed by atoms with Crippen molar-refractivity contribution in [3.05, 3.63) is 0 Å². The molecule has 1 aliphatic carbocycles. The maximum absolute atomic E-state index is 6.00. The van der Waals surface area contributed by atoms with Gasteiger partial charge in [0.15, 0.2) is 0 Å². The van der Waals surface area contributed by atoms with E-state index < -0.39 is 0 Å². The summed E-state index contributed by atoms with van der Waals surface area (Å²) in [6.07, 6.45) is 7.75. The summed E-state index contributed by atoms with van der Waals surface area (Å²) in [4.78, 5) is 5.28. The third-order valence-corrected chi connectivity index (χ3v) is 5.12. The smallest absolute Gasteiger partial charge is 0.0119 e. The summed E-state index contributed by atoms with van der Waals surface area (Å²) in [6.45, 7) is 7.18. The summed E-state index contributed by atoms with van der Waals surface area (Å²) in [5.41, 5.74) is 6.00. The highest BCUT2D eigenvalue weighted by Crippen LogP contribution is 2.26. The Morgan fingerprint density at radius 1 is 0.944 bits per heavy atom. The van der Waals surface area contributed by atoms with Gasteiger partial charge in [-0.1, -0.05) is 0 Å². The van der Waals surface area contributed by atoms with Crippen LogP contribution in [0.2, 0.25) is 0 Å². The van der Waals surface area contributed by atoms with Crippen molar-refractivity contribution in [3.8, 4) is 0 Å². The van der Waals surface area contributed by atoms with Crippen LogP contribution in [0.1, 0.15) is 52.4 Å². The molecule has 0 amide bonds. The van der Waals surface area contributed by atoms with Crippen molar-refractivity contribution >= 4 is 0 Å². The molecule has 3 nitrogen and oxygen atoms in total. The monoisotopic (exact) mass is 253 g/mol. The largest absolute Gasteiger partial charge is 0.328 e. The van der Waals surface area contributed by atoms with Gasteiger partial charge in [-0.3, -0.25) is 0 Å². The Morgan fingerprint density at radius 3 is 1.94 bits per heavy atom. The summed E-state index contributed by atoms with van der Waals surface area (Å²) in [6, 6.07) is 2.78. The van der Waals surface area contributed by atoms with Crippen molar-refractivity contribution in [2.24, 2.45) is 5.73 Å². The molecule has 18 heavy (non-hydrogen) atoms. The van der Waals surface area contributed by atoms with E-state index in [4.69, 9.17) is 5.73 Å². The first-order valence-corrected chi connectivity index (χ1v) is 7.79. The van der Waals surface area contributed by atoms with Crippen molar-refractivity contribution in [1.29, 1.82) is 0 Å². The molecule has 1 saturated heterocycles. The van der Waals surface area contributed by atoms with Crippen LogP contribution < -0.4 is 5.73 Å². The van der Waals surface area contributed by atoms with E-state index in [1.54, 1.807) is 0 Å². The maximum atomic E-state index is 6.00. The zero-order chi connectivity index (χ0) is 13.1. The van der Waals surface area contributed by atoms with Gasteiger partial charge in [-0.15, -0.1) is 0 Å². The molecule has 0 aromatic carbocycles. The van der Waals surface area contributed by atoms with E-state index in [1.165, 1.54) is 51.6 Å². The molecule has 0 aromatic heterocycles. The molecule has 1 saturated carbocycles. The van der Waals surface area contributed by atoms with Crippen LogP contribution in [0.4, 0.5) is 0 Å². The normalized spacial score (nSPS) is 32.3. The molecule has 3 heteroatoms. The van der Waals surface area contributed by atoms with Gasteiger partial charge in [-0.2, -0.15) is 0 Å². The zero-order valence-corrected chi connectivity index (χ0v) is 12.4. The Hall–Kier alpha value is -0.120. The number of likely N-dealkylation sites (tertiary alicyclic amines) is 1. The molecule has 2 aliphatic rings. The number of nitrogens with two attached hydrogens (primary N) is 1. The van der Waals surface area contributed by atoms with Crippen molar-refractivity contribution in [3.63, 3.8) is 0 Å². The lowest BCUT2D eigenvalue weighted by Gasteiger charge is -2.43. The van der Waals surface area contributed by atoms with Crippen LogP contribution in [0.15, 0.2) is 0 Å². The van der Waals surface area contributed by atoms with Gasteiger partial charge in [-0.05, 0) is 72.5 Å². The Labute approximate surface area is 113 Å². The predicted octanol–water partition coefficient (Wildman–Crippen LogP) is 2.06. The summed E-state index contributed by atoms with van der Waals surface area (Å²) < 4.78 is 0. The van der Waals surface area contributed by atoms with Crippen molar-refractivity contribution in [1.82, 2.24) is 9.80 Å². The van der Waals surface area contributed by atoms with Crippen molar-refractivity contribution in [2.45, 2.75) is 76.5 Å². The van der Waals surface area contributed by atoms with E-state index in [0.29, 0.717) is 12.1 Å². The number of hydrogen-bond acceptors (Lipinski definition) is 3. The van der Waals surface area contributed by atoms with Gasteiger partial charge >= 0.3 is 0 Å². The highest BCUT2D eigenvalue weighted by atomic mass is 15.2. The average molecular weight is 253 g/mol. The molecule has 0 radical (unpaired) electrons. The highest BCUT2D eigenvalue weighted by Gasteiger charge is 2.29. The molecule has 1 heterocycles. The Balaban J connectivity index is 1.78. The topological polar surface area (TPSA) is 32.5 Å². The van der Waals surface area contributed by atoms with Gasteiger partial charge in [0.25, 0.3) is 0 Å². The van der Waals surface area contributed by atoms with E-state index in [-0.39, 0.29) is 0 Å². The molecule has 0 spiro atoms. The van der Waals surface area contributed by atoms with Gasteiger partial charge in [0.2, 0.25) is 0 Å². The second-order valence-electron chi connectivity index (χ2n) is 6.59. The Morgan fingerprint density at radius 2 is 1.44 bits per heavy atom. The van der Waals surface area contributed by atoms with Gasteiger partial charge in [0.1, 0.15) is 0 Å². The average Bonchev–Trinajstić information content (AvgIpc) is 2.39. The number of rotatable bonds is 3. The van der Waals surface area contributed by atoms with Crippen molar-refractivity contribution in [2.75, 3.05) is 20.1 Å². The summed E-state index contributed by atoms with van der Waals surface area (Å²) >= 11 is 0. The molecule has 0 bridgehead atoms. The van der Waals surface area contributed by atoms with E-state index in [2.05, 4.69) is 30.7 Å². The van der Waals surface area contributed by atoms with Gasteiger partial charge in [-0.25, -0.2) is 0 Å². The van der Waals surface area contributed by atoms with Crippen LogP contribution in [-0.4, -0.2) is 54.1 Å². The van der Waals surface area contributed by atoms with E-state index in [0.717, 1.165) is 12.1 Å². The first kappa shape index (κ1) is 14.3. The quantitative estimate of drug-likeness (QED) is 0.835. The van der Waals surface area contributed by atoms with Gasteiger partial charge < -0.3 is 15.5 Å². The van der Waals surface area contributed by atoms with Crippen LogP contribution in [-0.2, 0) is 0 Å². The fourth-order valence-electron chi connectivity index (χ4n) is 3.62. The lowest BCUT2D eigenvalue weighted by molar-refractivity contribution is 0.0673. The van der Waals surface area contributed by atoms with Crippen LogP contribution in [0.3, 0.4) is 0 Å². The van der Waals surface area contributed by atoms with Crippen molar-refractivity contribution < 1.29 is 0 Å². The fraction of sp³-hybridized carbons (Fsp3) is 1.00. The van der Waals surface area contributed by atoms with Crippen LogP contribution in [0.5, 0.6) is 0 Å². The molecule has 106 valence electrons. The first-order valence-electron chi connectivity index (χ1n) is 7.79. The number of piperidine rings is 1. The third-order valence-electron chi connectivity index (χ3n) is 5.12. The predicted molar refractivity (Wildman–Crippen MR) is 77.7 cm³/mol. The molecule has 0 aromatic rings. The number of hydrogen-bond donors (Lipinski definition) is 1. The first-order chi connectivity index (χ1) is 8.58. The molecule has 2 N–H and O–H groups in total. The fourth-order valence-corrected chi connectivity index (χ4v) is 3.62. The number of nitrogens with zero attached hydrogens (tertiary/aromatic N) is 2. The highest BCUT2D eigenvalue weighted by molar-refractivity contribution is 4.86.